The van der Waals surface area contributed by atoms with Gasteiger partial charge in [0, 0.05) is 22.6 Å². The van der Waals surface area contributed by atoms with Gasteiger partial charge < -0.3 is 10.2 Å². The van der Waals surface area contributed by atoms with Gasteiger partial charge in [-0.3, -0.25) is 13.9 Å². The van der Waals surface area contributed by atoms with Crippen molar-refractivity contribution in [2.24, 2.45) is 0 Å². The number of benzene rings is 3. The van der Waals surface area contributed by atoms with Crippen molar-refractivity contribution >= 4 is 55.1 Å². The van der Waals surface area contributed by atoms with Gasteiger partial charge in [-0.1, -0.05) is 71.2 Å². The number of hydrogen-bond donors (Lipinski definition) is 1. The van der Waals surface area contributed by atoms with Gasteiger partial charge in [-0.25, -0.2) is 8.42 Å². The fourth-order valence-corrected chi connectivity index (χ4v) is 5.86. The number of carbonyl (C=O) groups excluding carboxylic acids is 2. The lowest BCUT2D eigenvalue weighted by Gasteiger charge is -2.32. The Morgan fingerprint density at radius 1 is 1.00 bits per heavy atom. The van der Waals surface area contributed by atoms with Crippen LogP contribution in [0.15, 0.2) is 82.2 Å². The monoisotopic (exact) mass is 633 g/mol. The third-order valence-electron chi connectivity index (χ3n) is 6.33. The molecule has 10 heteroatoms. The highest BCUT2D eigenvalue weighted by molar-refractivity contribution is 9.10. The summed E-state index contributed by atoms with van der Waals surface area (Å²) >= 11 is 9.41. The van der Waals surface area contributed by atoms with Gasteiger partial charge in [0.2, 0.25) is 11.8 Å². The zero-order valence-electron chi connectivity index (χ0n) is 22.2. The normalized spacial score (nSPS) is 12.0. The van der Waals surface area contributed by atoms with Gasteiger partial charge in [0.25, 0.3) is 10.0 Å². The van der Waals surface area contributed by atoms with E-state index in [1.165, 1.54) is 29.2 Å². The fourth-order valence-electron chi connectivity index (χ4n) is 4.00. The molecule has 0 aliphatic carbocycles. The van der Waals surface area contributed by atoms with Crippen LogP contribution in [0.5, 0.6) is 0 Å². The minimum Gasteiger partial charge on any atom is -0.354 e. The van der Waals surface area contributed by atoms with Crippen molar-refractivity contribution in [3.63, 3.8) is 0 Å². The average Bonchev–Trinajstić information content (AvgIpc) is 2.91. The van der Waals surface area contributed by atoms with Gasteiger partial charge in [-0.15, -0.1) is 0 Å². The largest absolute Gasteiger partial charge is 0.354 e. The maximum Gasteiger partial charge on any atom is 0.264 e. The van der Waals surface area contributed by atoms with E-state index in [2.05, 4.69) is 21.2 Å². The van der Waals surface area contributed by atoms with E-state index in [9.17, 15) is 18.0 Å². The minimum absolute atomic E-state index is 0.00719. The summed E-state index contributed by atoms with van der Waals surface area (Å²) in [6.45, 7) is 5.62. The number of unbranched alkanes of at least 4 members (excludes halogenated alkanes) is 1. The molecular weight excluding hydrogens is 602 g/mol. The molecule has 0 aromatic heterocycles. The van der Waals surface area contributed by atoms with Crippen LogP contribution in [-0.2, 0) is 26.2 Å². The molecule has 3 aromatic rings. The lowest BCUT2D eigenvalue weighted by atomic mass is 10.1. The maximum absolute atomic E-state index is 13.9. The molecule has 0 bridgehead atoms. The number of nitrogens with one attached hydrogen (secondary N) is 1. The molecule has 0 spiro atoms. The molecule has 0 saturated carbocycles. The first-order valence-electron chi connectivity index (χ1n) is 12.7. The van der Waals surface area contributed by atoms with Gasteiger partial charge in [-0.05, 0) is 73.9 Å². The molecule has 7 nitrogen and oxygen atoms in total. The van der Waals surface area contributed by atoms with E-state index in [0.29, 0.717) is 22.8 Å². The van der Waals surface area contributed by atoms with E-state index >= 15 is 0 Å². The average molecular weight is 635 g/mol. The third-order valence-corrected chi connectivity index (χ3v) is 8.88. The van der Waals surface area contributed by atoms with Gasteiger partial charge in [-0.2, -0.15) is 0 Å². The summed E-state index contributed by atoms with van der Waals surface area (Å²) in [5.74, 6) is -0.797. The highest BCUT2D eigenvalue weighted by Gasteiger charge is 2.33. The standard InChI is InChI=1S/C29H33BrClN3O4S/c1-4-5-18-32-29(36)22(3)33(19-23-10-12-24(30)13-11-23)28(35)20-34(27-9-7-6-8-21(27)2)39(37,38)26-16-14-25(31)15-17-26/h6-17,22H,4-5,18-20H2,1-3H3,(H,32,36)/t22-/m0/s1. The number of anilines is 1. The lowest BCUT2D eigenvalue weighted by Crippen LogP contribution is -2.51. The fraction of sp³-hybridized carbons (Fsp3) is 0.310. The summed E-state index contributed by atoms with van der Waals surface area (Å²) in [7, 11) is -4.14. The van der Waals surface area contributed by atoms with E-state index < -0.39 is 28.5 Å². The topological polar surface area (TPSA) is 86.8 Å². The molecule has 0 fully saturated rings. The van der Waals surface area contributed by atoms with Gasteiger partial charge in [0.1, 0.15) is 12.6 Å². The maximum atomic E-state index is 13.9. The van der Waals surface area contributed by atoms with Crippen molar-refractivity contribution in [1.82, 2.24) is 10.2 Å². The van der Waals surface area contributed by atoms with E-state index in [0.717, 1.165) is 27.2 Å². The Kier molecular flexibility index (Phi) is 11.0. The van der Waals surface area contributed by atoms with Crippen LogP contribution in [0.25, 0.3) is 0 Å². The first kappa shape index (κ1) is 30.7. The highest BCUT2D eigenvalue weighted by Crippen LogP contribution is 2.28. The predicted molar refractivity (Wildman–Crippen MR) is 159 cm³/mol. The molecule has 0 aliphatic rings. The van der Waals surface area contributed by atoms with Crippen LogP contribution in [0, 0.1) is 6.92 Å². The zero-order chi connectivity index (χ0) is 28.6. The number of carbonyl (C=O) groups is 2. The molecule has 0 unspecified atom stereocenters. The molecule has 39 heavy (non-hydrogen) atoms. The molecule has 0 heterocycles. The van der Waals surface area contributed by atoms with Gasteiger partial charge in [0.05, 0.1) is 10.6 Å². The molecular formula is C29H33BrClN3O4S. The van der Waals surface area contributed by atoms with E-state index in [-0.39, 0.29) is 17.3 Å². The Balaban J connectivity index is 2.00. The number of halogens is 2. The Labute approximate surface area is 244 Å². The Morgan fingerprint density at radius 2 is 1.64 bits per heavy atom. The summed E-state index contributed by atoms with van der Waals surface area (Å²) in [5.41, 5.74) is 1.87. The summed E-state index contributed by atoms with van der Waals surface area (Å²) in [6.07, 6.45) is 1.74. The number of amides is 2. The van der Waals surface area contributed by atoms with E-state index in [1.54, 1.807) is 38.1 Å². The predicted octanol–water partition coefficient (Wildman–Crippen LogP) is 5.94. The second-order valence-corrected chi connectivity index (χ2v) is 12.4. The van der Waals surface area contributed by atoms with Crippen LogP contribution < -0.4 is 9.62 Å². The van der Waals surface area contributed by atoms with E-state index in [4.69, 9.17) is 11.6 Å². The quantitative estimate of drug-likeness (QED) is 0.250. The molecule has 0 aliphatic heterocycles. The lowest BCUT2D eigenvalue weighted by molar-refractivity contribution is -0.139. The summed E-state index contributed by atoms with van der Waals surface area (Å²) < 4.78 is 29.7. The summed E-state index contributed by atoms with van der Waals surface area (Å²) in [4.78, 5) is 28.4. The number of hydrogen-bond acceptors (Lipinski definition) is 4. The smallest absolute Gasteiger partial charge is 0.264 e. The van der Waals surface area contributed by atoms with Crippen LogP contribution in [0.1, 0.15) is 37.8 Å². The molecule has 0 saturated heterocycles. The Hall–Kier alpha value is -2.88. The summed E-state index contributed by atoms with van der Waals surface area (Å²) in [6, 6.07) is 19.4. The first-order chi connectivity index (χ1) is 18.5. The van der Waals surface area contributed by atoms with Crippen molar-refractivity contribution in [2.45, 2.75) is 51.1 Å². The van der Waals surface area contributed by atoms with Gasteiger partial charge >= 0.3 is 0 Å². The van der Waals surface area contributed by atoms with E-state index in [1.807, 2.05) is 31.2 Å². The van der Waals surface area contributed by atoms with Crippen LogP contribution in [0.4, 0.5) is 5.69 Å². The van der Waals surface area contributed by atoms with Crippen LogP contribution in [-0.4, -0.2) is 44.3 Å². The van der Waals surface area contributed by atoms with Crippen molar-refractivity contribution in [1.29, 1.82) is 0 Å². The third kappa shape index (κ3) is 8.06. The highest BCUT2D eigenvalue weighted by atomic mass is 79.9. The first-order valence-corrected chi connectivity index (χ1v) is 15.3. The zero-order valence-corrected chi connectivity index (χ0v) is 25.4. The molecule has 1 atom stereocenters. The van der Waals surface area contributed by atoms with Crippen molar-refractivity contribution in [3.05, 3.63) is 93.4 Å². The second kappa shape index (κ2) is 14.0. The van der Waals surface area contributed by atoms with Crippen molar-refractivity contribution in [3.8, 4) is 0 Å². The van der Waals surface area contributed by atoms with Crippen LogP contribution in [0.3, 0.4) is 0 Å². The minimum atomic E-state index is -4.14. The van der Waals surface area contributed by atoms with Crippen LogP contribution in [0.2, 0.25) is 5.02 Å². The SMILES string of the molecule is CCCCNC(=O)[C@H](C)N(Cc1ccc(Br)cc1)C(=O)CN(c1ccccc1C)S(=O)(=O)c1ccc(Cl)cc1. The summed E-state index contributed by atoms with van der Waals surface area (Å²) in [5, 5.41) is 3.28. The number of sulfonamides is 1. The van der Waals surface area contributed by atoms with Crippen LogP contribution >= 0.6 is 27.5 Å². The second-order valence-electron chi connectivity index (χ2n) is 9.22. The molecule has 1 N–H and O–H groups in total. The Morgan fingerprint density at radius 3 is 2.26 bits per heavy atom. The molecule has 0 radical (unpaired) electrons. The number of nitrogens with zero attached hydrogens (tertiary/aromatic N) is 2. The number of aryl methyl sites for hydroxylation is 1. The molecule has 3 aromatic carbocycles. The molecule has 3 rings (SSSR count). The Bertz CT molecular complexity index is 1380. The molecule has 208 valence electrons. The number of para-hydroxylation sites is 1. The van der Waals surface area contributed by atoms with Crippen molar-refractivity contribution < 1.29 is 18.0 Å². The number of rotatable bonds is 12. The van der Waals surface area contributed by atoms with Gasteiger partial charge in [0.15, 0.2) is 0 Å². The van der Waals surface area contributed by atoms with Crippen molar-refractivity contribution in [2.75, 3.05) is 17.4 Å². The molecule has 2 amide bonds.